The quantitative estimate of drug-likeness (QED) is 0.150. The zero-order chi connectivity index (χ0) is 39.8. The predicted octanol–water partition coefficient (Wildman–Crippen LogP) is 16.1. The highest BCUT2D eigenvalue weighted by atomic mass is 15.1. The smallest absolute Gasteiger partial charge is 0.0562 e. The Morgan fingerprint density at radius 1 is 0.283 bits per heavy atom. The molecule has 0 saturated carbocycles. The molecule has 0 aliphatic heterocycles. The number of benzene rings is 10. The molecule has 0 fully saturated rings. The van der Waals surface area contributed by atoms with Gasteiger partial charge in [0, 0.05) is 33.5 Å². The van der Waals surface area contributed by atoms with Crippen molar-refractivity contribution >= 4 is 49.6 Å². The van der Waals surface area contributed by atoms with Crippen LogP contribution in [0.4, 0.5) is 17.1 Å². The number of anilines is 3. The topological polar surface area (TPSA) is 8.17 Å². The lowest BCUT2D eigenvalue weighted by atomic mass is 9.97. The molecule has 10 aromatic carbocycles. The van der Waals surface area contributed by atoms with E-state index in [0.717, 1.165) is 28.3 Å². The molecule has 2 nitrogen and oxygen atoms in total. The van der Waals surface area contributed by atoms with Crippen LogP contribution in [0.1, 0.15) is 0 Å². The zero-order valence-electron chi connectivity index (χ0n) is 33.0. The maximum Gasteiger partial charge on any atom is 0.0562 e. The van der Waals surface area contributed by atoms with E-state index in [-0.39, 0.29) is 0 Å². The van der Waals surface area contributed by atoms with E-state index in [1.54, 1.807) is 0 Å². The SMILES string of the molecule is c1ccc(-c2ccc(-c3cccc4c3c3ccc(N(c5ccc(-c6ccccc6)cc5)c5ccc(-c6ccc7ccccc7c6)cc5)cc3n4-c3ccccc3)cc2)cc1. The van der Waals surface area contributed by atoms with Gasteiger partial charge in [0.25, 0.3) is 0 Å². The van der Waals surface area contributed by atoms with E-state index in [2.05, 4.69) is 252 Å². The molecule has 2 heteroatoms. The van der Waals surface area contributed by atoms with Crippen LogP contribution in [-0.4, -0.2) is 4.57 Å². The molecule has 0 saturated heterocycles. The predicted molar refractivity (Wildman–Crippen MR) is 255 cm³/mol. The Bertz CT molecular complexity index is 3260. The molecule has 0 unspecified atom stereocenters. The highest BCUT2D eigenvalue weighted by Gasteiger charge is 2.20. The van der Waals surface area contributed by atoms with Crippen molar-refractivity contribution < 1.29 is 0 Å². The lowest BCUT2D eigenvalue weighted by Gasteiger charge is -2.26. The molecule has 11 aromatic rings. The Morgan fingerprint density at radius 3 is 1.40 bits per heavy atom. The average Bonchev–Trinajstić information content (AvgIpc) is 3.67. The fraction of sp³-hybridized carbons (Fsp3) is 0. The van der Waals surface area contributed by atoms with Gasteiger partial charge in [-0.25, -0.2) is 0 Å². The Morgan fingerprint density at radius 2 is 0.767 bits per heavy atom. The summed E-state index contributed by atoms with van der Waals surface area (Å²) >= 11 is 0. The largest absolute Gasteiger partial charge is 0.310 e. The summed E-state index contributed by atoms with van der Waals surface area (Å²) in [6, 6.07) is 87.9. The monoisotopic (exact) mass is 764 g/mol. The molecular formula is C58H40N2. The van der Waals surface area contributed by atoms with Crippen molar-refractivity contribution in [3.05, 3.63) is 243 Å². The molecule has 0 aliphatic rings. The molecule has 0 bridgehead atoms. The molecule has 0 N–H and O–H groups in total. The van der Waals surface area contributed by atoms with Crippen molar-refractivity contribution in [2.75, 3.05) is 4.90 Å². The van der Waals surface area contributed by atoms with Crippen LogP contribution in [-0.2, 0) is 0 Å². The van der Waals surface area contributed by atoms with E-state index in [4.69, 9.17) is 0 Å². The first-order valence-corrected chi connectivity index (χ1v) is 20.6. The van der Waals surface area contributed by atoms with Crippen LogP contribution in [0.25, 0.3) is 82.8 Å². The van der Waals surface area contributed by atoms with Crippen molar-refractivity contribution in [3.8, 4) is 50.2 Å². The van der Waals surface area contributed by atoms with Crippen molar-refractivity contribution in [1.82, 2.24) is 4.57 Å². The first kappa shape index (κ1) is 35.2. The maximum atomic E-state index is 2.43. The van der Waals surface area contributed by atoms with E-state index in [9.17, 15) is 0 Å². The van der Waals surface area contributed by atoms with Crippen LogP contribution in [0.3, 0.4) is 0 Å². The average molecular weight is 765 g/mol. The van der Waals surface area contributed by atoms with Crippen LogP contribution in [0.2, 0.25) is 0 Å². The fourth-order valence-electron chi connectivity index (χ4n) is 8.82. The van der Waals surface area contributed by atoms with E-state index in [1.807, 2.05) is 0 Å². The third-order valence-corrected chi connectivity index (χ3v) is 11.8. The number of para-hydroxylation sites is 1. The second-order valence-corrected chi connectivity index (χ2v) is 15.4. The fourth-order valence-corrected chi connectivity index (χ4v) is 8.82. The molecule has 282 valence electrons. The number of nitrogens with zero attached hydrogens (tertiary/aromatic N) is 2. The highest BCUT2D eigenvalue weighted by molar-refractivity contribution is 6.16. The van der Waals surface area contributed by atoms with E-state index < -0.39 is 0 Å². The van der Waals surface area contributed by atoms with E-state index in [0.29, 0.717) is 0 Å². The zero-order valence-corrected chi connectivity index (χ0v) is 33.0. The second kappa shape index (κ2) is 15.1. The van der Waals surface area contributed by atoms with Gasteiger partial charge in [-0.15, -0.1) is 0 Å². The summed E-state index contributed by atoms with van der Waals surface area (Å²) in [6.45, 7) is 0. The molecule has 60 heavy (non-hydrogen) atoms. The standard InChI is InChI=1S/C58H40N2/c1-4-13-41(14-5-1)44-23-26-47(27-24-44)54-21-12-22-56-58(54)55-38-37-53(40-57(55)60(56)50-19-8-3-9-20-50)59(51-33-29-45(30-34-51)42-15-6-2-7-16-42)52-35-31-46(32-36-52)49-28-25-43-17-10-11-18-48(43)39-49/h1-40H. The molecular weight excluding hydrogens is 725 g/mol. The van der Waals surface area contributed by atoms with E-state index >= 15 is 0 Å². The van der Waals surface area contributed by atoms with Gasteiger partial charge >= 0.3 is 0 Å². The molecule has 0 atom stereocenters. The Hall–Kier alpha value is -7.94. The number of aromatic nitrogens is 1. The Kier molecular flexibility index (Phi) is 8.87. The lowest BCUT2D eigenvalue weighted by Crippen LogP contribution is -2.10. The number of rotatable bonds is 8. The first-order chi connectivity index (χ1) is 29.7. The Balaban J connectivity index is 1.07. The summed E-state index contributed by atoms with van der Waals surface area (Å²) in [5.74, 6) is 0. The van der Waals surface area contributed by atoms with Crippen LogP contribution in [0.5, 0.6) is 0 Å². The number of fused-ring (bicyclic) bond motifs is 4. The molecule has 0 amide bonds. The second-order valence-electron chi connectivity index (χ2n) is 15.4. The van der Waals surface area contributed by atoms with Crippen molar-refractivity contribution in [2.24, 2.45) is 0 Å². The maximum absolute atomic E-state index is 2.43. The summed E-state index contributed by atoms with van der Waals surface area (Å²) in [5.41, 5.74) is 16.4. The van der Waals surface area contributed by atoms with Gasteiger partial charge in [-0.2, -0.15) is 0 Å². The third-order valence-electron chi connectivity index (χ3n) is 11.8. The molecule has 1 heterocycles. The Labute approximate surface area is 350 Å². The van der Waals surface area contributed by atoms with Gasteiger partial charge in [-0.3, -0.25) is 0 Å². The lowest BCUT2D eigenvalue weighted by molar-refractivity contribution is 1.18. The number of hydrogen-bond donors (Lipinski definition) is 0. The third kappa shape index (κ3) is 6.41. The van der Waals surface area contributed by atoms with Gasteiger partial charge in [-0.05, 0) is 116 Å². The summed E-state index contributed by atoms with van der Waals surface area (Å²) in [7, 11) is 0. The van der Waals surface area contributed by atoms with Crippen molar-refractivity contribution in [1.29, 1.82) is 0 Å². The number of hydrogen-bond acceptors (Lipinski definition) is 1. The van der Waals surface area contributed by atoms with Gasteiger partial charge in [0.2, 0.25) is 0 Å². The highest BCUT2D eigenvalue weighted by Crippen LogP contribution is 2.43. The molecule has 0 aliphatic carbocycles. The first-order valence-electron chi connectivity index (χ1n) is 20.6. The van der Waals surface area contributed by atoms with Gasteiger partial charge in [-0.1, -0.05) is 182 Å². The molecule has 11 rings (SSSR count). The van der Waals surface area contributed by atoms with Gasteiger partial charge in [0.05, 0.1) is 11.0 Å². The van der Waals surface area contributed by atoms with Gasteiger partial charge < -0.3 is 9.47 Å². The van der Waals surface area contributed by atoms with Gasteiger partial charge in [0.15, 0.2) is 0 Å². The van der Waals surface area contributed by atoms with Crippen LogP contribution in [0, 0.1) is 0 Å². The van der Waals surface area contributed by atoms with Crippen LogP contribution < -0.4 is 4.90 Å². The summed E-state index contributed by atoms with van der Waals surface area (Å²) < 4.78 is 2.43. The van der Waals surface area contributed by atoms with Crippen LogP contribution in [0.15, 0.2) is 243 Å². The minimum absolute atomic E-state index is 1.09. The van der Waals surface area contributed by atoms with E-state index in [1.165, 1.54) is 71.6 Å². The molecule has 0 spiro atoms. The normalized spacial score (nSPS) is 11.3. The summed E-state index contributed by atoms with van der Waals surface area (Å²) in [6.07, 6.45) is 0. The minimum Gasteiger partial charge on any atom is -0.310 e. The molecule has 1 aromatic heterocycles. The van der Waals surface area contributed by atoms with Crippen molar-refractivity contribution in [3.63, 3.8) is 0 Å². The summed E-state index contributed by atoms with van der Waals surface area (Å²) in [5, 5.41) is 4.95. The molecule has 0 radical (unpaired) electrons. The van der Waals surface area contributed by atoms with Gasteiger partial charge in [0.1, 0.15) is 0 Å². The van der Waals surface area contributed by atoms with Crippen molar-refractivity contribution in [2.45, 2.75) is 0 Å². The minimum atomic E-state index is 1.09. The van der Waals surface area contributed by atoms with Crippen LogP contribution >= 0.6 is 0 Å². The summed E-state index contributed by atoms with van der Waals surface area (Å²) in [4.78, 5) is 2.38.